The Hall–Kier alpha value is -4.17. The van der Waals surface area contributed by atoms with Gasteiger partial charge >= 0.3 is 5.97 Å². The summed E-state index contributed by atoms with van der Waals surface area (Å²) in [6.45, 7) is 0. The molecule has 0 radical (unpaired) electrons. The minimum atomic E-state index is -0.972. The predicted molar refractivity (Wildman–Crippen MR) is 123 cm³/mol. The van der Waals surface area contributed by atoms with E-state index in [4.69, 9.17) is 14.3 Å². The first-order chi connectivity index (χ1) is 16.5. The maximum Gasteiger partial charge on any atom is 0.337 e. The lowest BCUT2D eigenvalue weighted by molar-refractivity contribution is -0.126. The zero-order valence-electron chi connectivity index (χ0n) is 18.6. The van der Waals surface area contributed by atoms with Gasteiger partial charge in [0, 0.05) is 0 Å². The molecule has 2 fully saturated rings. The van der Waals surface area contributed by atoms with Crippen molar-refractivity contribution < 1.29 is 28.7 Å². The molecule has 5 rings (SSSR count). The van der Waals surface area contributed by atoms with Crippen LogP contribution in [0.2, 0.25) is 0 Å². The number of carbonyl (C=O) groups excluding carboxylic acids is 3. The van der Waals surface area contributed by atoms with E-state index in [0.717, 1.165) is 11.3 Å². The average Bonchev–Trinajstić information content (AvgIpc) is 3.40. The molecule has 0 saturated carbocycles. The summed E-state index contributed by atoms with van der Waals surface area (Å²) in [5.41, 5.74) is 2.30. The molecule has 2 aliphatic heterocycles. The first-order valence-corrected chi connectivity index (χ1v) is 10.7. The number of hydrogen-bond donors (Lipinski definition) is 0. The molecule has 2 aliphatic rings. The van der Waals surface area contributed by atoms with Crippen LogP contribution < -0.4 is 14.7 Å². The van der Waals surface area contributed by atoms with E-state index in [1.807, 2.05) is 30.3 Å². The minimum Gasteiger partial charge on any atom is -0.497 e. The highest BCUT2D eigenvalue weighted by atomic mass is 16.7. The molecule has 0 spiro atoms. The summed E-state index contributed by atoms with van der Waals surface area (Å²) in [5.74, 6) is -1.36. The predicted octanol–water partition coefficient (Wildman–Crippen LogP) is 3.53. The molecule has 0 bridgehead atoms. The van der Waals surface area contributed by atoms with Gasteiger partial charge in [-0.3, -0.25) is 14.4 Å². The van der Waals surface area contributed by atoms with E-state index in [1.54, 1.807) is 60.7 Å². The highest BCUT2D eigenvalue weighted by Gasteiger charge is 2.60. The Kier molecular flexibility index (Phi) is 5.51. The van der Waals surface area contributed by atoms with Gasteiger partial charge in [0.15, 0.2) is 6.10 Å². The van der Waals surface area contributed by atoms with Crippen LogP contribution in [-0.4, -0.2) is 38.1 Å². The van der Waals surface area contributed by atoms with E-state index >= 15 is 0 Å². The van der Waals surface area contributed by atoms with Crippen LogP contribution in [-0.2, 0) is 19.2 Å². The number of carbonyl (C=O) groups is 3. The Bertz CT molecular complexity index is 1230. The van der Waals surface area contributed by atoms with Crippen LogP contribution >= 0.6 is 0 Å². The number of hydroxylamine groups is 1. The normalized spacial score (nSPS) is 21.5. The van der Waals surface area contributed by atoms with Crippen molar-refractivity contribution >= 4 is 29.2 Å². The largest absolute Gasteiger partial charge is 0.497 e. The average molecular weight is 458 g/mol. The van der Waals surface area contributed by atoms with Gasteiger partial charge in [0.2, 0.25) is 5.91 Å². The number of imide groups is 1. The topological polar surface area (TPSA) is 85.4 Å². The van der Waals surface area contributed by atoms with Gasteiger partial charge in [-0.1, -0.05) is 30.3 Å². The number of fused-ring (bicyclic) bond motifs is 1. The first-order valence-electron chi connectivity index (χ1n) is 10.7. The second kappa shape index (κ2) is 8.64. The van der Waals surface area contributed by atoms with E-state index in [-0.39, 0.29) is 5.91 Å². The highest BCUT2D eigenvalue weighted by Crippen LogP contribution is 2.47. The third-order valence-electron chi connectivity index (χ3n) is 6.13. The number of nitrogens with zero attached hydrogens (tertiary/aromatic N) is 2. The molecule has 34 heavy (non-hydrogen) atoms. The monoisotopic (exact) mass is 458 g/mol. The highest BCUT2D eigenvalue weighted by molar-refractivity contribution is 6.23. The number of anilines is 2. The van der Waals surface area contributed by atoms with Gasteiger partial charge in [0.25, 0.3) is 5.91 Å². The molecule has 8 nitrogen and oxygen atoms in total. The Balaban J connectivity index is 1.54. The first kappa shape index (κ1) is 21.7. The number of amides is 2. The van der Waals surface area contributed by atoms with E-state index in [2.05, 4.69) is 0 Å². The SMILES string of the molecule is COC(=O)c1ccc([C@@H]2[C@@H]3C(=O)N(c4ccc(OC)cc4)C(=O)[C@@H]3ON2c2ccccc2)cc1. The summed E-state index contributed by atoms with van der Waals surface area (Å²) in [6, 6.07) is 22.3. The van der Waals surface area contributed by atoms with Crippen LogP contribution in [0.4, 0.5) is 11.4 Å². The summed E-state index contributed by atoms with van der Waals surface area (Å²) in [4.78, 5) is 46.2. The molecule has 2 saturated heterocycles. The molecular formula is C26H22N2O6. The summed E-state index contributed by atoms with van der Waals surface area (Å²) in [7, 11) is 2.87. The Morgan fingerprint density at radius 1 is 0.824 bits per heavy atom. The molecule has 3 aromatic rings. The third kappa shape index (κ3) is 3.48. The van der Waals surface area contributed by atoms with Gasteiger partial charge in [-0.25, -0.2) is 14.8 Å². The van der Waals surface area contributed by atoms with Crippen molar-refractivity contribution in [3.8, 4) is 5.75 Å². The zero-order valence-corrected chi connectivity index (χ0v) is 18.6. The number of methoxy groups -OCH3 is 2. The summed E-state index contributed by atoms with van der Waals surface area (Å²) in [6.07, 6.45) is -0.972. The quantitative estimate of drug-likeness (QED) is 0.427. The number of rotatable bonds is 5. The minimum absolute atomic E-state index is 0.347. The second-order valence-corrected chi connectivity index (χ2v) is 7.98. The van der Waals surface area contributed by atoms with Crippen LogP contribution in [0.3, 0.4) is 0 Å². The van der Waals surface area contributed by atoms with Crippen molar-refractivity contribution in [3.05, 3.63) is 90.0 Å². The van der Waals surface area contributed by atoms with Crippen LogP contribution in [0.25, 0.3) is 0 Å². The van der Waals surface area contributed by atoms with Gasteiger partial charge in [-0.2, -0.15) is 0 Å². The van der Waals surface area contributed by atoms with Gasteiger partial charge in [0.1, 0.15) is 11.7 Å². The van der Waals surface area contributed by atoms with Crippen molar-refractivity contribution in [2.24, 2.45) is 5.92 Å². The summed E-state index contributed by atoms with van der Waals surface area (Å²) < 4.78 is 9.96. The smallest absolute Gasteiger partial charge is 0.337 e. The second-order valence-electron chi connectivity index (χ2n) is 7.98. The maximum atomic E-state index is 13.6. The molecule has 2 heterocycles. The van der Waals surface area contributed by atoms with E-state index in [9.17, 15) is 14.4 Å². The van der Waals surface area contributed by atoms with Crippen LogP contribution in [0.1, 0.15) is 22.0 Å². The van der Waals surface area contributed by atoms with Gasteiger partial charge in [0.05, 0.1) is 37.2 Å². The van der Waals surface area contributed by atoms with Crippen LogP contribution in [0.15, 0.2) is 78.9 Å². The molecule has 3 atom stereocenters. The number of hydrogen-bond acceptors (Lipinski definition) is 7. The van der Waals surface area contributed by atoms with Crippen molar-refractivity contribution in [3.63, 3.8) is 0 Å². The molecule has 0 aliphatic carbocycles. The van der Waals surface area contributed by atoms with Gasteiger partial charge in [-0.15, -0.1) is 0 Å². The summed E-state index contributed by atoms with van der Waals surface area (Å²) >= 11 is 0. The van der Waals surface area contributed by atoms with Crippen LogP contribution in [0.5, 0.6) is 5.75 Å². The number of benzene rings is 3. The molecule has 2 amide bonds. The Labute approximate surface area is 196 Å². The van der Waals surface area contributed by atoms with Gasteiger partial charge in [-0.05, 0) is 54.1 Å². The number of esters is 1. The molecule has 0 aromatic heterocycles. The lowest BCUT2D eigenvalue weighted by Crippen LogP contribution is -2.37. The van der Waals surface area contributed by atoms with Crippen LogP contribution in [0, 0.1) is 5.92 Å². The van der Waals surface area contributed by atoms with E-state index < -0.39 is 29.9 Å². The molecule has 0 N–H and O–H groups in total. The Morgan fingerprint density at radius 3 is 2.12 bits per heavy atom. The van der Waals surface area contributed by atoms with Crippen molar-refractivity contribution in [1.29, 1.82) is 0 Å². The summed E-state index contributed by atoms with van der Waals surface area (Å²) in [5, 5.41) is 1.61. The molecule has 0 unspecified atom stereocenters. The standard InChI is InChI=1S/C26H22N2O6/c1-32-20-14-12-18(13-15-20)27-24(29)21-22(16-8-10-17(11-9-16)26(31)33-2)28(34-23(21)25(27)30)19-6-4-3-5-7-19/h3-15,21-23H,1-2H3/t21-,22+,23+/m0/s1. The Morgan fingerprint density at radius 2 is 1.50 bits per heavy atom. The lowest BCUT2D eigenvalue weighted by atomic mass is 9.90. The molecular weight excluding hydrogens is 436 g/mol. The lowest BCUT2D eigenvalue weighted by Gasteiger charge is -2.28. The molecule has 8 heteroatoms. The fourth-order valence-corrected chi connectivity index (χ4v) is 4.47. The van der Waals surface area contributed by atoms with E-state index in [0.29, 0.717) is 17.0 Å². The fourth-order valence-electron chi connectivity index (χ4n) is 4.47. The molecule has 3 aromatic carbocycles. The maximum absolute atomic E-state index is 13.6. The fraction of sp³-hybridized carbons (Fsp3) is 0.192. The van der Waals surface area contributed by atoms with Gasteiger partial charge < -0.3 is 9.47 Å². The zero-order chi connectivity index (χ0) is 23.8. The van der Waals surface area contributed by atoms with Crippen molar-refractivity contribution in [2.75, 3.05) is 24.2 Å². The number of ether oxygens (including phenoxy) is 2. The molecule has 172 valence electrons. The number of para-hydroxylation sites is 1. The third-order valence-corrected chi connectivity index (χ3v) is 6.13. The van der Waals surface area contributed by atoms with Crippen molar-refractivity contribution in [2.45, 2.75) is 12.1 Å². The van der Waals surface area contributed by atoms with E-state index in [1.165, 1.54) is 12.0 Å². The van der Waals surface area contributed by atoms with Crippen molar-refractivity contribution in [1.82, 2.24) is 0 Å².